The number of hydrogen-bond acceptors (Lipinski definition) is 4. The van der Waals surface area contributed by atoms with Crippen LogP contribution in [0.5, 0.6) is 5.75 Å². The van der Waals surface area contributed by atoms with Gasteiger partial charge in [0.05, 0.1) is 10.6 Å². The van der Waals surface area contributed by atoms with Crippen LogP contribution >= 0.6 is 0 Å². The molecule has 2 aromatic rings. The van der Waals surface area contributed by atoms with Crippen LogP contribution in [-0.2, 0) is 4.79 Å². The zero-order valence-electron chi connectivity index (χ0n) is 13.3. The number of rotatable bonds is 6. The first kappa shape index (κ1) is 17.4. The highest BCUT2D eigenvalue weighted by atomic mass is 19.1. The third kappa shape index (κ3) is 4.28. The smallest absolute Gasteiger partial charge is 0.271 e. The van der Waals surface area contributed by atoms with E-state index in [1.807, 2.05) is 13.0 Å². The fraction of sp³-hybridized carbons (Fsp3) is 0.235. The number of carbonyl (C=O) groups is 1. The molecule has 1 amide bonds. The number of nitro benzene ring substituents is 1. The number of aryl methyl sites for hydroxylation is 1. The van der Waals surface area contributed by atoms with Gasteiger partial charge in [0.25, 0.3) is 11.6 Å². The van der Waals surface area contributed by atoms with Crippen LogP contribution in [0.3, 0.4) is 0 Å². The van der Waals surface area contributed by atoms with Gasteiger partial charge in [-0.1, -0.05) is 19.1 Å². The maximum atomic E-state index is 13.8. The van der Waals surface area contributed by atoms with E-state index in [0.29, 0.717) is 12.2 Å². The molecule has 0 bridgehead atoms. The highest BCUT2D eigenvalue weighted by molar-refractivity contribution is 5.94. The largest absolute Gasteiger partial charge is 0.481 e. The molecule has 0 radical (unpaired) electrons. The number of benzene rings is 2. The molecular weight excluding hydrogens is 315 g/mol. The summed E-state index contributed by atoms with van der Waals surface area (Å²) in [6, 6.07) is 10.1. The minimum absolute atomic E-state index is 0.250. The van der Waals surface area contributed by atoms with Gasteiger partial charge in [-0.15, -0.1) is 0 Å². The second kappa shape index (κ2) is 7.54. The third-order valence-electron chi connectivity index (χ3n) is 3.35. The number of ether oxygens (including phenoxy) is 1. The van der Waals surface area contributed by atoms with Crippen LogP contribution in [0.15, 0.2) is 42.5 Å². The van der Waals surface area contributed by atoms with E-state index in [0.717, 1.165) is 23.8 Å². The molecule has 0 aliphatic heterocycles. The first-order chi connectivity index (χ1) is 11.4. The number of carbonyl (C=O) groups excluding carboxylic acids is 1. The van der Waals surface area contributed by atoms with Gasteiger partial charge in [0.2, 0.25) is 0 Å². The van der Waals surface area contributed by atoms with Gasteiger partial charge in [0.1, 0.15) is 11.6 Å². The predicted molar refractivity (Wildman–Crippen MR) is 87.6 cm³/mol. The second-order valence-corrected chi connectivity index (χ2v) is 5.24. The molecule has 1 atom stereocenters. The number of anilines is 1. The fourth-order valence-electron chi connectivity index (χ4n) is 2.11. The number of hydrogen-bond donors (Lipinski definition) is 1. The lowest BCUT2D eigenvalue weighted by Gasteiger charge is -2.17. The lowest BCUT2D eigenvalue weighted by Crippen LogP contribution is -2.32. The van der Waals surface area contributed by atoms with E-state index in [1.54, 1.807) is 25.1 Å². The molecule has 1 N–H and O–H groups in total. The average molecular weight is 332 g/mol. The van der Waals surface area contributed by atoms with Gasteiger partial charge in [0.15, 0.2) is 6.10 Å². The van der Waals surface area contributed by atoms with Crippen molar-refractivity contribution in [2.45, 2.75) is 26.4 Å². The van der Waals surface area contributed by atoms with Gasteiger partial charge in [-0.25, -0.2) is 4.39 Å². The first-order valence-electron chi connectivity index (χ1n) is 7.39. The van der Waals surface area contributed by atoms with Crippen LogP contribution < -0.4 is 10.1 Å². The monoisotopic (exact) mass is 332 g/mol. The highest BCUT2D eigenvalue weighted by Crippen LogP contribution is 2.22. The van der Waals surface area contributed by atoms with Crippen LogP contribution in [0.2, 0.25) is 0 Å². The molecule has 2 rings (SSSR count). The number of non-ortho nitro benzene ring substituents is 1. The Balaban J connectivity index is 2.15. The van der Waals surface area contributed by atoms with Crippen molar-refractivity contribution in [2.24, 2.45) is 0 Å². The van der Waals surface area contributed by atoms with Crippen LogP contribution in [0.4, 0.5) is 15.8 Å². The first-order valence-corrected chi connectivity index (χ1v) is 7.39. The van der Waals surface area contributed by atoms with E-state index in [-0.39, 0.29) is 11.4 Å². The Morgan fingerprint density at radius 3 is 2.71 bits per heavy atom. The summed E-state index contributed by atoms with van der Waals surface area (Å²) in [7, 11) is 0. The second-order valence-electron chi connectivity index (χ2n) is 5.24. The molecule has 126 valence electrons. The lowest BCUT2D eigenvalue weighted by atomic mass is 10.2. The minimum atomic E-state index is -0.842. The molecule has 7 heteroatoms. The molecule has 0 aliphatic carbocycles. The summed E-state index contributed by atoms with van der Waals surface area (Å²) in [5.74, 6) is -0.797. The van der Waals surface area contributed by atoms with Gasteiger partial charge < -0.3 is 10.1 Å². The number of amides is 1. The van der Waals surface area contributed by atoms with Crippen molar-refractivity contribution in [3.8, 4) is 5.75 Å². The Labute approximate surface area is 138 Å². The summed E-state index contributed by atoms with van der Waals surface area (Å²) >= 11 is 0. The van der Waals surface area contributed by atoms with E-state index in [9.17, 15) is 19.3 Å². The molecule has 2 aromatic carbocycles. The molecule has 0 aliphatic rings. The van der Waals surface area contributed by atoms with Crippen LogP contribution in [0.25, 0.3) is 0 Å². The number of nitro groups is 1. The zero-order valence-corrected chi connectivity index (χ0v) is 13.3. The van der Waals surface area contributed by atoms with E-state index in [4.69, 9.17) is 4.74 Å². The minimum Gasteiger partial charge on any atom is -0.481 e. The van der Waals surface area contributed by atoms with Crippen LogP contribution in [0.1, 0.15) is 18.9 Å². The van der Waals surface area contributed by atoms with Crippen LogP contribution in [-0.4, -0.2) is 16.9 Å². The fourth-order valence-corrected chi connectivity index (χ4v) is 2.11. The summed E-state index contributed by atoms with van der Waals surface area (Å²) in [6.07, 6.45) is -0.485. The summed E-state index contributed by atoms with van der Waals surface area (Å²) in [4.78, 5) is 22.4. The van der Waals surface area contributed by atoms with Crippen LogP contribution in [0, 0.1) is 22.9 Å². The van der Waals surface area contributed by atoms with Crippen molar-refractivity contribution in [1.29, 1.82) is 0 Å². The third-order valence-corrected chi connectivity index (χ3v) is 3.35. The molecule has 6 nitrogen and oxygen atoms in total. The maximum Gasteiger partial charge on any atom is 0.271 e. The number of nitrogens with zero attached hydrogens (tertiary/aromatic N) is 1. The summed E-state index contributed by atoms with van der Waals surface area (Å²) in [6.45, 7) is 3.65. The Hall–Kier alpha value is -2.96. The van der Waals surface area contributed by atoms with Crippen molar-refractivity contribution in [3.05, 3.63) is 64.0 Å². The van der Waals surface area contributed by atoms with Crippen molar-refractivity contribution >= 4 is 17.3 Å². The Morgan fingerprint density at radius 1 is 1.33 bits per heavy atom. The molecule has 0 aromatic heterocycles. The maximum absolute atomic E-state index is 13.8. The molecule has 0 saturated carbocycles. The van der Waals surface area contributed by atoms with Gasteiger partial charge in [-0.05, 0) is 37.1 Å². The Morgan fingerprint density at radius 2 is 2.08 bits per heavy atom. The molecule has 24 heavy (non-hydrogen) atoms. The SMILES string of the molecule is CC[C@@H](Oc1cccc(C)c1)C(=O)Nc1cc([N+](=O)[O-])ccc1F. The Kier molecular flexibility index (Phi) is 5.47. The van der Waals surface area contributed by atoms with Crippen molar-refractivity contribution in [2.75, 3.05) is 5.32 Å². The molecule has 0 fully saturated rings. The van der Waals surface area contributed by atoms with E-state index < -0.39 is 22.8 Å². The molecule has 0 saturated heterocycles. The van der Waals surface area contributed by atoms with E-state index in [2.05, 4.69) is 5.32 Å². The zero-order chi connectivity index (χ0) is 17.7. The Bertz CT molecular complexity index is 764. The quantitative estimate of drug-likeness (QED) is 0.644. The highest BCUT2D eigenvalue weighted by Gasteiger charge is 2.21. The van der Waals surface area contributed by atoms with Gasteiger partial charge in [0, 0.05) is 12.1 Å². The standard InChI is InChI=1S/C17H17FN2O4/c1-3-16(24-13-6-4-5-11(2)9-13)17(21)19-15-10-12(20(22)23)7-8-14(15)18/h4-10,16H,3H2,1-2H3,(H,19,21)/t16-/m1/s1. The number of nitrogens with one attached hydrogen (secondary N) is 1. The van der Waals surface area contributed by atoms with Gasteiger partial charge in [-0.3, -0.25) is 14.9 Å². The average Bonchev–Trinajstić information content (AvgIpc) is 2.54. The lowest BCUT2D eigenvalue weighted by molar-refractivity contribution is -0.384. The normalized spacial score (nSPS) is 11.6. The topological polar surface area (TPSA) is 81.5 Å². The molecule has 0 heterocycles. The molecular formula is C17H17FN2O4. The van der Waals surface area contributed by atoms with Crippen molar-refractivity contribution < 1.29 is 18.8 Å². The summed E-state index contributed by atoms with van der Waals surface area (Å²) in [5.41, 5.74) is 0.423. The van der Waals surface area contributed by atoms with Crippen molar-refractivity contribution in [1.82, 2.24) is 0 Å². The van der Waals surface area contributed by atoms with E-state index >= 15 is 0 Å². The summed E-state index contributed by atoms with van der Waals surface area (Å²) in [5, 5.41) is 13.1. The van der Waals surface area contributed by atoms with Gasteiger partial charge in [-0.2, -0.15) is 0 Å². The molecule has 0 unspecified atom stereocenters. The molecule has 0 spiro atoms. The number of halogens is 1. The van der Waals surface area contributed by atoms with Crippen molar-refractivity contribution in [3.63, 3.8) is 0 Å². The predicted octanol–water partition coefficient (Wildman–Crippen LogP) is 3.84. The van der Waals surface area contributed by atoms with E-state index in [1.165, 1.54) is 0 Å². The van der Waals surface area contributed by atoms with Gasteiger partial charge >= 0.3 is 0 Å². The summed E-state index contributed by atoms with van der Waals surface area (Å²) < 4.78 is 19.4.